The van der Waals surface area contributed by atoms with Crippen LogP contribution in [0.15, 0.2) is 18.2 Å². The van der Waals surface area contributed by atoms with Crippen LogP contribution in [0.2, 0.25) is 0 Å². The van der Waals surface area contributed by atoms with E-state index in [0.717, 1.165) is 6.42 Å². The minimum absolute atomic E-state index is 0.486. The third-order valence-corrected chi connectivity index (χ3v) is 3.51. The molecule has 1 aliphatic rings. The smallest absolute Gasteiger partial charge is 0.412 e. The summed E-state index contributed by atoms with van der Waals surface area (Å²) < 4.78 is 10.6. The number of nitrogens with two attached hydrogens (primary N) is 1. The highest BCUT2D eigenvalue weighted by atomic mass is 16.6. The number of carbonyl (C=O) groups excluding carboxylic acids is 1. The Morgan fingerprint density at radius 2 is 2.14 bits per heavy atom. The van der Waals surface area contributed by atoms with E-state index < -0.39 is 11.7 Å². The number of benzene rings is 1. The Morgan fingerprint density at radius 1 is 1.43 bits per heavy atom. The Morgan fingerprint density at radius 3 is 2.67 bits per heavy atom. The van der Waals surface area contributed by atoms with Crippen molar-refractivity contribution in [3.8, 4) is 5.75 Å². The number of ether oxygens (including phenoxy) is 2. The zero-order valence-electron chi connectivity index (χ0n) is 13.1. The van der Waals surface area contributed by atoms with E-state index in [1.165, 1.54) is 5.56 Å². The van der Waals surface area contributed by atoms with Crippen LogP contribution < -0.4 is 15.8 Å². The molecule has 0 aliphatic heterocycles. The highest BCUT2D eigenvalue weighted by Gasteiger charge is 2.37. The van der Waals surface area contributed by atoms with Crippen LogP contribution in [0.3, 0.4) is 0 Å². The first-order valence-electron chi connectivity index (χ1n) is 7.22. The molecule has 0 spiro atoms. The van der Waals surface area contributed by atoms with Crippen molar-refractivity contribution in [1.82, 2.24) is 0 Å². The van der Waals surface area contributed by atoms with Gasteiger partial charge in [0.15, 0.2) is 0 Å². The summed E-state index contributed by atoms with van der Waals surface area (Å²) in [7, 11) is 1.59. The molecule has 1 fully saturated rings. The van der Waals surface area contributed by atoms with Gasteiger partial charge in [-0.3, -0.25) is 5.32 Å². The molecule has 1 aromatic carbocycles. The van der Waals surface area contributed by atoms with Crippen LogP contribution in [0.5, 0.6) is 5.75 Å². The van der Waals surface area contributed by atoms with Crippen molar-refractivity contribution in [3.05, 3.63) is 23.8 Å². The highest BCUT2D eigenvalue weighted by Crippen LogP contribution is 2.48. The third kappa shape index (κ3) is 4.11. The molecule has 0 saturated heterocycles. The number of carbonyl (C=O) groups is 1. The van der Waals surface area contributed by atoms with Crippen molar-refractivity contribution >= 4 is 11.8 Å². The summed E-state index contributed by atoms with van der Waals surface area (Å²) in [6, 6.07) is 5.83. The maximum atomic E-state index is 11.8. The molecule has 1 amide bonds. The van der Waals surface area contributed by atoms with Gasteiger partial charge in [-0.1, -0.05) is 6.07 Å². The highest BCUT2D eigenvalue weighted by molar-refractivity contribution is 5.87. The molecule has 1 saturated carbocycles. The molecule has 1 aromatic rings. The van der Waals surface area contributed by atoms with Crippen LogP contribution in [-0.2, 0) is 4.74 Å². The van der Waals surface area contributed by atoms with E-state index in [2.05, 4.69) is 5.32 Å². The molecule has 0 bridgehead atoms. The van der Waals surface area contributed by atoms with E-state index >= 15 is 0 Å². The van der Waals surface area contributed by atoms with E-state index in [1.807, 2.05) is 39.0 Å². The van der Waals surface area contributed by atoms with Gasteiger partial charge in [-0.15, -0.1) is 0 Å². The topological polar surface area (TPSA) is 73.6 Å². The summed E-state index contributed by atoms with van der Waals surface area (Å²) in [5.74, 6) is 1.72. The summed E-state index contributed by atoms with van der Waals surface area (Å²) in [4.78, 5) is 11.8. The van der Waals surface area contributed by atoms with E-state index in [1.54, 1.807) is 7.11 Å². The van der Waals surface area contributed by atoms with Crippen LogP contribution in [0.25, 0.3) is 0 Å². The lowest BCUT2D eigenvalue weighted by Crippen LogP contribution is -2.27. The standard InChI is InChI=1S/C16H24N2O3/c1-16(2,3)21-15(19)18-13-6-5-10(8-14(13)20-4)12-7-11(12)9-17/h5-6,8,11-12H,7,9,17H2,1-4H3,(H,18,19)/t11-,12-/m0/s1. The first kappa shape index (κ1) is 15.6. The Labute approximate surface area is 125 Å². The Hall–Kier alpha value is -1.75. The summed E-state index contributed by atoms with van der Waals surface area (Å²) in [5.41, 5.74) is 6.97. The maximum absolute atomic E-state index is 11.8. The zero-order valence-corrected chi connectivity index (χ0v) is 13.1. The van der Waals surface area contributed by atoms with E-state index in [-0.39, 0.29) is 0 Å². The first-order valence-corrected chi connectivity index (χ1v) is 7.22. The minimum Gasteiger partial charge on any atom is -0.495 e. The van der Waals surface area contributed by atoms with Gasteiger partial charge in [-0.2, -0.15) is 0 Å². The largest absolute Gasteiger partial charge is 0.495 e. The van der Waals surface area contributed by atoms with Crippen molar-refractivity contribution in [2.24, 2.45) is 11.7 Å². The van der Waals surface area contributed by atoms with E-state index in [9.17, 15) is 4.79 Å². The molecule has 0 unspecified atom stereocenters. The Bertz CT molecular complexity index is 523. The normalized spacial score (nSPS) is 20.8. The summed E-state index contributed by atoms with van der Waals surface area (Å²) in [5, 5.41) is 2.72. The summed E-state index contributed by atoms with van der Waals surface area (Å²) >= 11 is 0. The average Bonchev–Trinajstić information content (AvgIpc) is 3.16. The summed E-state index contributed by atoms with van der Waals surface area (Å²) in [6.45, 7) is 6.19. The van der Waals surface area contributed by atoms with Gasteiger partial charge in [0.05, 0.1) is 12.8 Å². The SMILES string of the molecule is COc1cc([C@@H]2C[C@H]2CN)ccc1NC(=O)OC(C)(C)C. The van der Waals surface area contributed by atoms with Crippen molar-refractivity contribution in [1.29, 1.82) is 0 Å². The Balaban J connectivity index is 2.08. The molecular formula is C16H24N2O3. The fourth-order valence-corrected chi connectivity index (χ4v) is 2.37. The number of hydrogen-bond acceptors (Lipinski definition) is 4. The predicted molar refractivity (Wildman–Crippen MR) is 82.8 cm³/mol. The van der Waals surface area contributed by atoms with Crippen LogP contribution in [0, 0.1) is 5.92 Å². The second kappa shape index (κ2) is 5.93. The van der Waals surface area contributed by atoms with E-state index in [4.69, 9.17) is 15.2 Å². The van der Waals surface area contributed by atoms with Crippen molar-refractivity contribution in [3.63, 3.8) is 0 Å². The average molecular weight is 292 g/mol. The number of rotatable bonds is 4. The monoisotopic (exact) mass is 292 g/mol. The number of amides is 1. The third-order valence-electron chi connectivity index (χ3n) is 3.51. The molecule has 3 N–H and O–H groups in total. The van der Waals surface area contributed by atoms with Gasteiger partial charge in [0.1, 0.15) is 11.4 Å². The van der Waals surface area contributed by atoms with Crippen molar-refractivity contribution in [2.45, 2.75) is 38.7 Å². The van der Waals surface area contributed by atoms with Crippen molar-refractivity contribution < 1.29 is 14.3 Å². The molecule has 2 atom stereocenters. The molecular weight excluding hydrogens is 268 g/mol. The number of nitrogens with one attached hydrogen (secondary N) is 1. The number of hydrogen-bond donors (Lipinski definition) is 2. The molecule has 0 heterocycles. The van der Waals surface area contributed by atoms with Gasteiger partial charge < -0.3 is 15.2 Å². The second-order valence-electron chi connectivity index (χ2n) is 6.42. The second-order valence-corrected chi connectivity index (χ2v) is 6.42. The zero-order chi connectivity index (χ0) is 15.6. The fraction of sp³-hybridized carbons (Fsp3) is 0.562. The van der Waals surface area contributed by atoms with Crippen LogP contribution in [0.4, 0.5) is 10.5 Å². The summed E-state index contributed by atoms with van der Waals surface area (Å²) in [6.07, 6.45) is 0.637. The van der Waals surface area contributed by atoms with Gasteiger partial charge in [-0.05, 0) is 63.3 Å². The molecule has 1 aliphatic carbocycles. The molecule has 116 valence electrons. The molecule has 0 aromatic heterocycles. The molecule has 5 nitrogen and oxygen atoms in total. The number of anilines is 1. The maximum Gasteiger partial charge on any atom is 0.412 e. The van der Waals surface area contributed by atoms with E-state index in [0.29, 0.717) is 29.8 Å². The molecule has 2 rings (SSSR count). The van der Waals surface area contributed by atoms with Crippen LogP contribution in [-0.4, -0.2) is 25.3 Å². The van der Waals surface area contributed by atoms with Gasteiger partial charge in [-0.25, -0.2) is 4.79 Å². The minimum atomic E-state index is -0.528. The Kier molecular flexibility index (Phi) is 4.42. The predicted octanol–water partition coefficient (Wildman–Crippen LogP) is 3.10. The molecule has 0 radical (unpaired) electrons. The van der Waals surface area contributed by atoms with Crippen molar-refractivity contribution in [2.75, 3.05) is 19.0 Å². The lowest BCUT2D eigenvalue weighted by molar-refractivity contribution is 0.0635. The van der Waals surface area contributed by atoms with Gasteiger partial charge in [0.2, 0.25) is 0 Å². The first-order chi connectivity index (χ1) is 9.84. The molecule has 21 heavy (non-hydrogen) atoms. The van der Waals surface area contributed by atoms with Crippen LogP contribution in [0.1, 0.15) is 38.7 Å². The quantitative estimate of drug-likeness (QED) is 0.894. The fourth-order valence-electron chi connectivity index (χ4n) is 2.37. The van der Waals surface area contributed by atoms with Gasteiger partial charge in [0, 0.05) is 0 Å². The number of methoxy groups -OCH3 is 1. The lowest BCUT2D eigenvalue weighted by atomic mass is 10.1. The van der Waals surface area contributed by atoms with Gasteiger partial charge >= 0.3 is 6.09 Å². The van der Waals surface area contributed by atoms with Crippen LogP contribution >= 0.6 is 0 Å². The molecule has 5 heteroatoms. The van der Waals surface area contributed by atoms with Gasteiger partial charge in [0.25, 0.3) is 0 Å². The lowest BCUT2D eigenvalue weighted by Gasteiger charge is -2.20.